The summed E-state index contributed by atoms with van der Waals surface area (Å²) in [6.45, 7) is 6.40. The van der Waals surface area contributed by atoms with Crippen molar-refractivity contribution in [2.75, 3.05) is 0 Å². The number of hydrogen-bond acceptors (Lipinski definition) is 2. The van der Waals surface area contributed by atoms with Crippen LogP contribution in [0.1, 0.15) is 27.9 Å². The first-order chi connectivity index (χ1) is 6.96. The van der Waals surface area contributed by atoms with Gasteiger partial charge in [-0.1, -0.05) is 20.8 Å². The van der Waals surface area contributed by atoms with Crippen LogP contribution >= 0.6 is 0 Å². The first kappa shape index (κ1) is 9.96. The molecule has 0 saturated carbocycles. The second kappa shape index (κ2) is 3.22. The lowest BCUT2D eigenvalue weighted by atomic mass is 9.90. The Bertz CT molecular complexity index is 536. The largest absolute Gasteiger partial charge is 0.297 e. The Morgan fingerprint density at radius 2 is 2.27 bits per heavy atom. The minimum Gasteiger partial charge on any atom is -0.297 e. The van der Waals surface area contributed by atoms with E-state index in [-0.39, 0.29) is 12.4 Å². The molecular formula is C11H17N3O. The molecule has 0 aliphatic heterocycles. The molecule has 15 heavy (non-hydrogen) atoms. The van der Waals surface area contributed by atoms with Gasteiger partial charge in [0, 0.05) is 25.5 Å². The van der Waals surface area contributed by atoms with Gasteiger partial charge >= 0.3 is 0 Å². The number of H-pyrrole nitrogens is 1. The normalized spacial score (nSPS) is 12.2. The van der Waals surface area contributed by atoms with Gasteiger partial charge in [0.25, 0.3) is 5.56 Å². The van der Waals surface area contributed by atoms with Crippen LogP contribution in [0, 0.1) is 5.41 Å². The number of nitrogens with zero attached hydrogens (tertiary/aromatic N) is 2. The van der Waals surface area contributed by atoms with Crippen LogP contribution in [0.25, 0.3) is 5.65 Å². The zero-order valence-electron chi connectivity index (χ0n) is 9.24. The zero-order chi connectivity index (χ0) is 11.1. The van der Waals surface area contributed by atoms with Gasteiger partial charge in [-0.15, -0.1) is 0 Å². The Labute approximate surface area is 89.4 Å². The monoisotopic (exact) mass is 207 g/mol. The number of nitrogens with one attached hydrogen (secondary N) is 1. The van der Waals surface area contributed by atoms with Crippen LogP contribution in [0.3, 0.4) is 0 Å². The highest BCUT2D eigenvalue weighted by Gasteiger charge is 2.13. The summed E-state index contributed by atoms with van der Waals surface area (Å²) in [6, 6.07) is 3.39. The first-order valence-electron chi connectivity index (χ1n) is 5.02. The van der Waals surface area contributed by atoms with Crippen molar-refractivity contribution in [2.45, 2.75) is 27.2 Å². The van der Waals surface area contributed by atoms with Crippen LogP contribution in [-0.4, -0.2) is 14.6 Å². The predicted molar refractivity (Wildman–Crippen MR) is 61.1 cm³/mol. The van der Waals surface area contributed by atoms with E-state index in [1.165, 1.54) is 4.52 Å². The maximum atomic E-state index is 11.6. The van der Waals surface area contributed by atoms with Crippen molar-refractivity contribution >= 4 is 5.65 Å². The van der Waals surface area contributed by atoms with Gasteiger partial charge in [0.05, 0.1) is 0 Å². The van der Waals surface area contributed by atoms with E-state index in [0.717, 1.165) is 12.1 Å². The van der Waals surface area contributed by atoms with Crippen LogP contribution in [-0.2, 0) is 6.42 Å². The van der Waals surface area contributed by atoms with Gasteiger partial charge in [0.15, 0.2) is 5.65 Å². The average Bonchev–Trinajstić information content (AvgIpc) is 2.48. The van der Waals surface area contributed by atoms with Gasteiger partial charge in [-0.05, 0) is 11.8 Å². The molecule has 0 aliphatic rings. The van der Waals surface area contributed by atoms with E-state index in [4.69, 9.17) is 0 Å². The third-order valence-corrected chi connectivity index (χ3v) is 2.15. The smallest absolute Gasteiger partial charge is 0.272 e. The molecule has 0 atom stereocenters. The van der Waals surface area contributed by atoms with Crippen molar-refractivity contribution in [3.05, 3.63) is 34.4 Å². The SMILES string of the molecule is CC(C)(C)Cc1cc(=O)n2[nH]ccc2n1.[HH]. The van der Waals surface area contributed by atoms with E-state index in [9.17, 15) is 4.79 Å². The lowest BCUT2D eigenvalue weighted by molar-refractivity contribution is 0.406. The zero-order valence-corrected chi connectivity index (χ0v) is 9.24. The number of rotatable bonds is 1. The first-order valence-corrected chi connectivity index (χ1v) is 5.02. The van der Waals surface area contributed by atoms with Gasteiger partial charge in [0.2, 0.25) is 0 Å². The molecule has 2 aromatic heterocycles. The van der Waals surface area contributed by atoms with Gasteiger partial charge in [-0.25, -0.2) is 9.50 Å². The fourth-order valence-corrected chi connectivity index (χ4v) is 1.61. The van der Waals surface area contributed by atoms with Crippen molar-refractivity contribution in [1.82, 2.24) is 14.6 Å². The number of aromatic nitrogens is 3. The second-order valence-electron chi connectivity index (χ2n) is 4.98. The molecule has 82 valence electrons. The number of aromatic amines is 1. The Hall–Kier alpha value is -1.58. The lowest BCUT2D eigenvalue weighted by Crippen LogP contribution is -2.18. The summed E-state index contributed by atoms with van der Waals surface area (Å²) in [5, 5.41) is 2.82. The molecule has 0 unspecified atom stereocenters. The summed E-state index contributed by atoms with van der Waals surface area (Å²) in [4.78, 5) is 16.1. The molecule has 0 spiro atoms. The molecule has 0 aromatic carbocycles. The third-order valence-electron chi connectivity index (χ3n) is 2.15. The van der Waals surface area contributed by atoms with E-state index in [2.05, 4.69) is 30.9 Å². The number of fused-ring (bicyclic) bond motifs is 1. The van der Waals surface area contributed by atoms with Crippen LogP contribution in [0.4, 0.5) is 0 Å². The van der Waals surface area contributed by atoms with Crippen molar-refractivity contribution in [2.24, 2.45) is 5.41 Å². The highest BCUT2D eigenvalue weighted by atomic mass is 16.1. The van der Waals surface area contributed by atoms with Crippen LogP contribution < -0.4 is 5.56 Å². The Morgan fingerprint density at radius 3 is 2.93 bits per heavy atom. The molecule has 0 fully saturated rings. The fraction of sp³-hybridized carbons (Fsp3) is 0.455. The molecule has 2 aromatic rings. The molecule has 4 heteroatoms. The minimum absolute atomic E-state index is 0. The molecule has 0 amide bonds. The Morgan fingerprint density at radius 1 is 1.53 bits per heavy atom. The Balaban J connectivity index is 0.00000128. The standard InChI is InChI=1S/C11H15N3O.H2/c1-11(2,3)7-8-6-10(15)14-9(13-8)4-5-12-14;/h4-6,12H,7H2,1-3H3;1H. The molecule has 2 rings (SSSR count). The summed E-state index contributed by atoms with van der Waals surface area (Å²) >= 11 is 0. The highest BCUT2D eigenvalue weighted by Crippen LogP contribution is 2.18. The molecule has 0 aliphatic carbocycles. The summed E-state index contributed by atoms with van der Waals surface area (Å²) in [6.07, 6.45) is 2.52. The fourth-order valence-electron chi connectivity index (χ4n) is 1.61. The molecule has 2 heterocycles. The van der Waals surface area contributed by atoms with E-state index < -0.39 is 0 Å². The van der Waals surface area contributed by atoms with Crippen molar-refractivity contribution in [3.63, 3.8) is 0 Å². The maximum absolute atomic E-state index is 11.6. The van der Waals surface area contributed by atoms with Crippen LogP contribution in [0.5, 0.6) is 0 Å². The van der Waals surface area contributed by atoms with Crippen LogP contribution in [0.15, 0.2) is 23.1 Å². The molecule has 4 nitrogen and oxygen atoms in total. The summed E-state index contributed by atoms with van der Waals surface area (Å²) < 4.78 is 1.44. The minimum atomic E-state index is -0.0516. The predicted octanol–water partition coefficient (Wildman–Crippen LogP) is 1.86. The second-order valence-corrected chi connectivity index (χ2v) is 4.98. The molecule has 0 bridgehead atoms. The van der Waals surface area contributed by atoms with Crippen molar-refractivity contribution in [1.29, 1.82) is 0 Å². The summed E-state index contributed by atoms with van der Waals surface area (Å²) in [7, 11) is 0. The summed E-state index contributed by atoms with van der Waals surface area (Å²) in [5.41, 5.74) is 1.63. The van der Waals surface area contributed by atoms with Crippen molar-refractivity contribution in [3.8, 4) is 0 Å². The van der Waals surface area contributed by atoms with Crippen LogP contribution in [0.2, 0.25) is 0 Å². The van der Waals surface area contributed by atoms with Gasteiger partial charge < -0.3 is 0 Å². The maximum Gasteiger partial charge on any atom is 0.272 e. The average molecular weight is 207 g/mol. The van der Waals surface area contributed by atoms with E-state index in [0.29, 0.717) is 5.65 Å². The molecule has 0 radical (unpaired) electrons. The topological polar surface area (TPSA) is 50.2 Å². The highest BCUT2D eigenvalue weighted by molar-refractivity contribution is 5.36. The Kier molecular flexibility index (Phi) is 2.14. The van der Waals surface area contributed by atoms with E-state index >= 15 is 0 Å². The van der Waals surface area contributed by atoms with Gasteiger partial charge in [-0.2, -0.15) is 0 Å². The lowest BCUT2D eigenvalue weighted by Gasteiger charge is -2.16. The summed E-state index contributed by atoms with van der Waals surface area (Å²) in [5.74, 6) is 0. The molecule has 1 N–H and O–H groups in total. The molecular weight excluding hydrogens is 190 g/mol. The number of hydrogen-bond donors (Lipinski definition) is 1. The third kappa shape index (κ3) is 2.09. The van der Waals surface area contributed by atoms with Gasteiger partial charge in [-0.3, -0.25) is 9.89 Å². The van der Waals surface area contributed by atoms with Gasteiger partial charge in [0.1, 0.15) is 0 Å². The van der Waals surface area contributed by atoms with Crippen molar-refractivity contribution < 1.29 is 1.43 Å². The van der Waals surface area contributed by atoms with E-state index in [1.54, 1.807) is 18.3 Å². The van der Waals surface area contributed by atoms with E-state index in [1.807, 2.05) is 0 Å². The molecule has 0 saturated heterocycles. The quantitative estimate of drug-likeness (QED) is 0.776.